The minimum atomic E-state index is -0.470. The SMILES string of the molecule is Cc1ccc(O)c(-c2c(C(=O)C3CC3)c(O)c(O)n2-c2ccc3nc[nH]c3c2)c1. The summed E-state index contributed by atoms with van der Waals surface area (Å²) in [6.07, 6.45) is 3.07. The van der Waals surface area contributed by atoms with Crippen LogP contribution in [0, 0.1) is 12.8 Å². The predicted octanol–water partition coefficient (Wildman–Crippen LogP) is 4.04. The largest absolute Gasteiger partial charge is 0.507 e. The van der Waals surface area contributed by atoms with E-state index in [1.165, 1.54) is 4.57 Å². The summed E-state index contributed by atoms with van der Waals surface area (Å²) in [6.45, 7) is 1.87. The molecular weight excluding hydrogens is 370 g/mol. The molecule has 0 bridgehead atoms. The third kappa shape index (κ3) is 2.66. The van der Waals surface area contributed by atoms with Crippen molar-refractivity contribution >= 4 is 16.8 Å². The number of H-pyrrole nitrogens is 1. The van der Waals surface area contributed by atoms with Crippen LogP contribution < -0.4 is 0 Å². The lowest BCUT2D eigenvalue weighted by molar-refractivity contribution is 0.0965. The molecule has 5 rings (SSSR count). The first kappa shape index (κ1) is 17.4. The summed E-state index contributed by atoms with van der Waals surface area (Å²) >= 11 is 0. The topological polar surface area (TPSA) is 111 Å². The van der Waals surface area contributed by atoms with Crippen LogP contribution in [0.1, 0.15) is 28.8 Å². The van der Waals surface area contributed by atoms with Gasteiger partial charge in [-0.15, -0.1) is 0 Å². The van der Waals surface area contributed by atoms with Crippen LogP contribution in [0.2, 0.25) is 0 Å². The number of carbonyl (C=O) groups excluding carboxylic acids is 1. The number of fused-ring (bicyclic) bond motifs is 1. The highest BCUT2D eigenvalue weighted by molar-refractivity contribution is 6.08. The summed E-state index contributed by atoms with van der Waals surface area (Å²) in [5, 5.41) is 32.1. The second kappa shape index (κ2) is 6.13. The lowest BCUT2D eigenvalue weighted by Gasteiger charge is -2.14. The third-order valence-electron chi connectivity index (χ3n) is 5.38. The van der Waals surface area contributed by atoms with Gasteiger partial charge in [0.2, 0.25) is 5.88 Å². The minimum Gasteiger partial charge on any atom is -0.507 e. The summed E-state index contributed by atoms with van der Waals surface area (Å²) < 4.78 is 1.40. The van der Waals surface area contributed by atoms with E-state index in [2.05, 4.69) is 9.97 Å². The number of nitrogens with zero attached hydrogens (tertiary/aromatic N) is 2. The van der Waals surface area contributed by atoms with Crippen LogP contribution in [0.3, 0.4) is 0 Å². The maximum Gasteiger partial charge on any atom is 0.240 e. The summed E-state index contributed by atoms with van der Waals surface area (Å²) in [6, 6.07) is 10.3. The molecule has 0 radical (unpaired) electrons. The molecule has 1 aliphatic carbocycles. The molecule has 0 aliphatic heterocycles. The van der Waals surface area contributed by atoms with E-state index < -0.39 is 11.6 Å². The third-order valence-corrected chi connectivity index (χ3v) is 5.38. The van der Waals surface area contributed by atoms with Gasteiger partial charge in [-0.2, -0.15) is 0 Å². The summed E-state index contributed by atoms with van der Waals surface area (Å²) in [5.74, 6) is -1.35. The smallest absolute Gasteiger partial charge is 0.240 e. The fourth-order valence-corrected chi connectivity index (χ4v) is 3.74. The van der Waals surface area contributed by atoms with Gasteiger partial charge in [-0.25, -0.2) is 4.98 Å². The van der Waals surface area contributed by atoms with E-state index in [9.17, 15) is 20.1 Å². The van der Waals surface area contributed by atoms with Gasteiger partial charge in [-0.05, 0) is 50.1 Å². The fourth-order valence-electron chi connectivity index (χ4n) is 3.74. The number of aryl methyl sites for hydroxylation is 1. The molecule has 0 saturated heterocycles. The molecule has 0 amide bonds. The number of nitrogens with one attached hydrogen (secondary N) is 1. The number of imidazole rings is 1. The Balaban J connectivity index is 1.85. The highest BCUT2D eigenvalue weighted by Crippen LogP contribution is 2.48. The first-order valence-electron chi connectivity index (χ1n) is 9.40. The molecule has 1 aliphatic rings. The Morgan fingerprint density at radius 3 is 2.69 bits per heavy atom. The van der Waals surface area contributed by atoms with Gasteiger partial charge in [-0.1, -0.05) is 11.6 Å². The van der Waals surface area contributed by atoms with Crippen molar-refractivity contribution in [1.82, 2.24) is 14.5 Å². The van der Waals surface area contributed by atoms with Crippen molar-refractivity contribution in [1.29, 1.82) is 0 Å². The van der Waals surface area contributed by atoms with E-state index in [1.54, 1.807) is 42.7 Å². The number of aromatic hydroxyl groups is 3. The van der Waals surface area contributed by atoms with Crippen LogP contribution in [0.4, 0.5) is 0 Å². The maximum absolute atomic E-state index is 13.0. The molecule has 0 spiro atoms. The van der Waals surface area contributed by atoms with Gasteiger partial charge in [0.1, 0.15) is 5.75 Å². The van der Waals surface area contributed by atoms with Crippen LogP contribution in [-0.2, 0) is 0 Å². The van der Waals surface area contributed by atoms with Gasteiger partial charge in [0.05, 0.1) is 34.3 Å². The molecule has 7 nitrogen and oxygen atoms in total. The Bertz CT molecular complexity index is 1280. The maximum atomic E-state index is 13.0. The van der Waals surface area contributed by atoms with Gasteiger partial charge in [0.25, 0.3) is 0 Å². The molecule has 2 heterocycles. The average molecular weight is 389 g/mol. The van der Waals surface area contributed by atoms with E-state index in [0.717, 1.165) is 29.4 Å². The lowest BCUT2D eigenvalue weighted by atomic mass is 9.99. The molecule has 2 aromatic carbocycles. The predicted molar refractivity (Wildman–Crippen MR) is 108 cm³/mol. The Morgan fingerprint density at radius 1 is 1.14 bits per heavy atom. The second-order valence-electron chi connectivity index (χ2n) is 7.49. The Kier molecular flexibility index (Phi) is 3.67. The molecule has 7 heteroatoms. The van der Waals surface area contributed by atoms with Crippen molar-refractivity contribution in [2.24, 2.45) is 5.92 Å². The van der Waals surface area contributed by atoms with Gasteiger partial charge >= 0.3 is 0 Å². The van der Waals surface area contributed by atoms with Crippen molar-refractivity contribution < 1.29 is 20.1 Å². The normalized spacial score (nSPS) is 13.8. The number of aromatic amines is 1. The molecule has 146 valence electrons. The molecule has 1 fully saturated rings. The van der Waals surface area contributed by atoms with Crippen molar-refractivity contribution in [3.8, 4) is 34.3 Å². The van der Waals surface area contributed by atoms with E-state index in [-0.39, 0.29) is 28.7 Å². The minimum absolute atomic E-state index is 0.0376. The molecule has 0 unspecified atom stereocenters. The summed E-state index contributed by atoms with van der Waals surface area (Å²) in [4.78, 5) is 20.2. The first-order chi connectivity index (χ1) is 14.0. The van der Waals surface area contributed by atoms with Crippen molar-refractivity contribution in [3.63, 3.8) is 0 Å². The van der Waals surface area contributed by atoms with Gasteiger partial charge in [0.15, 0.2) is 11.5 Å². The standard InChI is InChI=1S/C22H19N3O4/c1-11-2-7-17(26)14(8-11)19-18(20(27)12-3-4-12)21(28)22(29)25(19)13-5-6-15-16(9-13)24-10-23-15/h2,5-10,12,26,28-29H,3-4H2,1H3,(H,23,24). The number of carbonyl (C=O) groups is 1. The van der Waals surface area contributed by atoms with E-state index in [4.69, 9.17) is 0 Å². The Labute approximate surface area is 165 Å². The van der Waals surface area contributed by atoms with Gasteiger partial charge < -0.3 is 20.3 Å². The van der Waals surface area contributed by atoms with Crippen molar-refractivity contribution in [2.75, 3.05) is 0 Å². The second-order valence-corrected chi connectivity index (χ2v) is 7.49. The van der Waals surface area contributed by atoms with E-state index >= 15 is 0 Å². The number of phenolic OH excluding ortho intramolecular Hbond substituents is 1. The number of rotatable bonds is 4. The number of Topliss-reactive ketones (excluding diaryl/α,β-unsaturated/α-hetero) is 1. The number of phenols is 1. The average Bonchev–Trinajstić information content (AvgIpc) is 3.40. The van der Waals surface area contributed by atoms with E-state index in [0.29, 0.717) is 11.3 Å². The summed E-state index contributed by atoms with van der Waals surface area (Å²) in [7, 11) is 0. The van der Waals surface area contributed by atoms with Crippen LogP contribution in [0.15, 0.2) is 42.7 Å². The van der Waals surface area contributed by atoms with Crippen LogP contribution in [0.5, 0.6) is 17.4 Å². The zero-order valence-electron chi connectivity index (χ0n) is 15.7. The monoisotopic (exact) mass is 389 g/mol. The molecule has 2 aromatic heterocycles. The van der Waals surface area contributed by atoms with Gasteiger partial charge in [-0.3, -0.25) is 9.36 Å². The van der Waals surface area contributed by atoms with Crippen molar-refractivity contribution in [3.05, 3.63) is 53.9 Å². The Morgan fingerprint density at radius 2 is 1.93 bits per heavy atom. The van der Waals surface area contributed by atoms with Crippen LogP contribution in [0.25, 0.3) is 28.0 Å². The van der Waals surface area contributed by atoms with E-state index in [1.807, 2.05) is 6.92 Å². The van der Waals surface area contributed by atoms with Gasteiger partial charge in [0, 0.05) is 11.5 Å². The molecule has 4 aromatic rings. The number of hydrogen-bond donors (Lipinski definition) is 4. The fraction of sp³-hybridized carbons (Fsp3) is 0.182. The number of benzene rings is 2. The quantitative estimate of drug-likeness (QED) is 0.394. The molecule has 4 N–H and O–H groups in total. The van der Waals surface area contributed by atoms with Crippen molar-refractivity contribution in [2.45, 2.75) is 19.8 Å². The Hall–Kier alpha value is -3.74. The number of ketones is 1. The summed E-state index contributed by atoms with van der Waals surface area (Å²) in [5.41, 5.74) is 3.57. The zero-order valence-corrected chi connectivity index (χ0v) is 15.7. The highest BCUT2D eigenvalue weighted by Gasteiger charge is 2.38. The highest BCUT2D eigenvalue weighted by atomic mass is 16.3. The van der Waals surface area contributed by atoms with Crippen LogP contribution >= 0.6 is 0 Å². The molecule has 1 saturated carbocycles. The number of aromatic nitrogens is 3. The first-order valence-corrected chi connectivity index (χ1v) is 9.40. The lowest BCUT2D eigenvalue weighted by Crippen LogP contribution is -2.05. The molecular formula is C22H19N3O4. The number of hydrogen-bond acceptors (Lipinski definition) is 5. The molecule has 29 heavy (non-hydrogen) atoms. The van der Waals surface area contributed by atoms with Crippen LogP contribution in [-0.4, -0.2) is 35.6 Å². The zero-order chi connectivity index (χ0) is 20.3. The molecule has 0 atom stereocenters.